The standard InChI is InChI=1S/C24H22FN3O2S2/c1-14-19-23(26-18-7-3-2-4-12-28(18)24(19)30)32-21(14)22(29)27-20(17-6-5-13-31-17)15-8-10-16(25)11-9-15/h5-6,8-11,13,20H,2-4,7,12H2,1H3,(H,27,29). The van der Waals surface area contributed by atoms with Crippen LogP contribution in [0.5, 0.6) is 0 Å². The second-order valence-electron chi connectivity index (χ2n) is 8.01. The van der Waals surface area contributed by atoms with Gasteiger partial charge < -0.3 is 5.32 Å². The molecule has 0 saturated carbocycles. The molecule has 1 atom stereocenters. The summed E-state index contributed by atoms with van der Waals surface area (Å²) in [5.41, 5.74) is 1.42. The maximum absolute atomic E-state index is 13.5. The van der Waals surface area contributed by atoms with E-state index in [4.69, 9.17) is 4.98 Å². The van der Waals surface area contributed by atoms with Crippen molar-refractivity contribution in [2.45, 2.75) is 45.2 Å². The molecule has 0 bridgehead atoms. The molecule has 164 valence electrons. The molecule has 0 aliphatic carbocycles. The molecule has 8 heteroatoms. The second-order valence-corrected chi connectivity index (χ2v) is 9.98. The number of carbonyl (C=O) groups is 1. The van der Waals surface area contributed by atoms with Crippen LogP contribution in [0.3, 0.4) is 0 Å². The van der Waals surface area contributed by atoms with Crippen molar-refractivity contribution >= 4 is 38.8 Å². The maximum Gasteiger partial charge on any atom is 0.262 e. The van der Waals surface area contributed by atoms with Gasteiger partial charge in [0.25, 0.3) is 11.5 Å². The number of amides is 1. The van der Waals surface area contributed by atoms with E-state index in [2.05, 4.69) is 5.32 Å². The van der Waals surface area contributed by atoms with Gasteiger partial charge in [-0.15, -0.1) is 22.7 Å². The van der Waals surface area contributed by atoms with Gasteiger partial charge in [-0.1, -0.05) is 24.6 Å². The van der Waals surface area contributed by atoms with Crippen LogP contribution in [0.1, 0.15) is 56.8 Å². The molecule has 1 aromatic carbocycles. The smallest absolute Gasteiger partial charge is 0.262 e. The highest BCUT2D eigenvalue weighted by Gasteiger charge is 2.25. The molecule has 5 nitrogen and oxygen atoms in total. The Morgan fingerprint density at radius 1 is 1.19 bits per heavy atom. The van der Waals surface area contributed by atoms with Gasteiger partial charge >= 0.3 is 0 Å². The Kier molecular flexibility index (Phi) is 5.65. The number of halogens is 1. The molecule has 0 saturated heterocycles. The quantitative estimate of drug-likeness (QED) is 0.448. The van der Waals surface area contributed by atoms with E-state index in [1.807, 2.05) is 24.4 Å². The predicted octanol–water partition coefficient (Wildman–Crippen LogP) is 5.21. The van der Waals surface area contributed by atoms with Crippen LogP contribution >= 0.6 is 22.7 Å². The van der Waals surface area contributed by atoms with Gasteiger partial charge in [-0.25, -0.2) is 9.37 Å². The number of hydrogen-bond acceptors (Lipinski definition) is 5. The highest BCUT2D eigenvalue weighted by Crippen LogP contribution is 2.31. The topological polar surface area (TPSA) is 64.0 Å². The molecule has 1 unspecified atom stereocenters. The Balaban J connectivity index is 1.54. The normalized spacial score (nSPS) is 14.7. The van der Waals surface area contributed by atoms with E-state index >= 15 is 0 Å². The molecule has 1 amide bonds. The van der Waals surface area contributed by atoms with Gasteiger partial charge in [0, 0.05) is 17.8 Å². The van der Waals surface area contributed by atoms with E-state index in [0.29, 0.717) is 27.2 Å². The zero-order valence-electron chi connectivity index (χ0n) is 17.6. The van der Waals surface area contributed by atoms with Gasteiger partial charge in [-0.3, -0.25) is 14.2 Å². The molecular weight excluding hydrogens is 445 g/mol. The van der Waals surface area contributed by atoms with Crippen LogP contribution in [0.4, 0.5) is 4.39 Å². The molecule has 5 rings (SSSR count). The molecule has 1 aliphatic rings. The fraction of sp³-hybridized carbons (Fsp3) is 0.292. The summed E-state index contributed by atoms with van der Waals surface area (Å²) in [6.07, 6.45) is 3.87. The summed E-state index contributed by atoms with van der Waals surface area (Å²) >= 11 is 2.80. The number of hydrogen-bond donors (Lipinski definition) is 1. The van der Waals surface area contributed by atoms with Gasteiger partial charge in [-0.2, -0.15) is 0 Å². The van der Waals surface area contributed by atoms with Gasteiger partial charge in [-0.05, 0) is 54.5 Å². The van der Waals surface area contributed by atoms with Crippen molar-refractivity contribution in [3.63, 3.8) is 0 Å². The van der Waals surface area contributed by atoms with Crippen LogP contribution in [0, 0.1) is 12.7 Å². The summed E-state index contributed by atoms with van der Waals surface area (Å²) in [4.78, 5) is 33.4. The first-order valence-corrected chi connectivity index (χ1v) is 12.3. The second kappa shape index (κ2) is 8.60. The number of rotatable bonds is 4. The summed E-state index contributed by atoms with van der Waals surface area (Å²) in [6.45, 7) is 2.50. The number of nitrogens with one attached hydrogen (secondary N) is 1. The van der Waals surface area contributed by atoms with Crippen LogP contribution in [-0.4, -0.2) is 15.5 Å². The first-order chi connectivity index (χ1) is 15.5. The van der Waals surface area contributed by atoms with E-state index in [0.717, 1.165) is 41.9 Å². The molecule has 3 aromatic heterocycles. The minimum atomic E-state index is -0.404. The molecule has 0 spiro atoms. The molecule has 32 heavy (non-hydrogen) atoms. The Morgan fingerprint density at radius 2 is 2.00 bits per heavy atom. The lowest BCUT2D eigenvalue weighted by molar-refractivity contribution is 0.0947. The van der Waals surface area contributed by atoms with Crippen LogP contribution in [0.25, 0.3) is 10.2 Å². The lowest BCUT2D eigenvalue weighted by atomic mass is 10.0. The minimum Gasteiger partial charge on any atom is -0.340 e. The molecule has 1 N–H and O–H groups in total. The Morgan fingerprint density at radius 3 is 2.75 bits per heavy atom. The van der Waals surface area contributed by atoms with E-state index in [1.54, 1.807) is 16.7 Å². The molecular formula is C24H22FN3O2S2. The molecule has 4 heterocycles. The number of aromatic nitrogens is 2. The Bertz CT molecular complexity index is 1340. The number of benzene rings is 1. The monoisotopic (exact) mass is 467 g/mol. The Hall–Kier alpha value is -2.84. The van der Waals surface area contributed by atoms with Crippen LogP contribution in [0.2, 0.25) is 0 Å². The lowest BCUT2D eigenvalue weighted by Crippen LogP contribution is -2.29. The zero-order chi connectivity index (χ0) is 22.2. The first kappa shape index (κ1) is 21.0. The van der Waals surface area contributed by atoms with Gasteiger partial charge in [0.15, 0.2) is 0 Å². The van der Waals surface area contributed by atoms with Crippen molar-refractivity contribution in [3.05, 3.63) is 84.7 Å². The van der Waals surface area contributed by atoms with Crippen molar-refractivity contribution in [2.75, 3.05) is 0 Å². The van der Waals surface area contributed by atoms with Crippen molar-refractivity contribution in [1.29, 1.82) is 0 Å². The van der Waals surface area contributed by atoms with Crippen molar-refractivity contribution < 1.29 is 9.18 Å². The molecule has 1 aliphatic heterocycles. The highest BCUT2D eigenvalue weighted by atomic mass is 32.1. The van der Waals surface area contributed by atoms with Crippen LogP contribution < -0.4 is 10.9 Å². The van der Waals surface area contributed by atoms with Crippen molar-refractivity contribution in [1.82, 2.24) is 14.9 Å². The van der Waals surface area contributed by atoms with E-state index in [9.17, 15) is 14.0 Å². The summed E-state index contributed by atoms with van der Waals surface area (Å²) in [6, 6.07) is 9.62. The van der Waals surface area contributed by atoms with Crippen LogP contribution in [0.15, 0.2) is 46.6 Å². The van der Waals surface area contributed by atoms with Gasteiger partial charge in [0.05, 0.1) is 16.3 Å². The first-order valence-electron chi connectivity index (χ1n) is 10.7. The maximum atomic E-state index is 13.5. The molecule has 4 aromatic rings. The average molecular weight is 468 g/mol. The van der Waals surface area contributed by atoms with E-state index in [-0.39, 0.29) is 17.3 Å². The highest BCUT2D eigenvalue weighted by molar-refractivity contribution is 7.20. The molecule has 0 radical (unpaired) electrons. The Labute approximate surface area is 192 Å². The van der Waals surface area contributed by atoms with Crippen molar-refractivity contribution in [2.24, 2.45) is 0 Å². The van der Waals surface area contributed by atoms with Crippen LogP contribution in [-0.2, 0) is 13.0 Å². The summed E-state index contributed by atoms with van der Waals surface area (Å²) in [5, 5.41) is 5.58. The number of fused-ring (bicyclic) bond motifs is 2. The third-order valence-corrected chi connectivity index (χ3v) is 8.05. The van der Waals surface area contributed by atoms with E-state index < -0.39 is 6.04 Å². The predicted molar refractivity (Wildman–Crippen MR) is 126 cm³/mol. The third kappa shape index (κ3) is 3.78. The summed E-state index contributed by atoms with van der Waals surface area (Å²) in [5.74, 6) is 0.237. The third-order valence-electron chi connectivity index (χ3n) is 5.92. The fourth-order valence-corrected chi connectivity index (χ4v) is 6.15. The zero-order valence-corrected chi connectivity index (χ0v) is 19.2. The molecule has 0 fully saturated rings. The summed E-state index contributed by atoms with van der Waals surface area (Å²) < 4.78 is 15.2. The number of aryl methyl sites for hydroxylation is 2. The van der Waals surface area contributed by atoms with Gasteiger partial charge in [0.1, 0.15) is 16.5 Å². The minimum absolute atomic E-state index is 0.0481. The number of carbonyl (C=O) groups excluding carboxylic acids is 1. The average Bonchev–Trinajstić information content (AvgIpc) is 3.35. The summed E-state index contributed by atoms with van der Waals surface area (Å²) in [7, 11) is 0. The largest absolute Gasteiger partial charge is 0.340 e. The fourth-order valence-electron chi connectivity index (χ4n) is 4.25. The van der Waals surface area contributed by atoms with Crippen molar-refractivity contribution in [3.8, 4) is 0 Å². The number of thiophene rings is 2. The van der Waals surface area contributed by atoms with Gasteiger partial charge in [0.2, 0.25) is 0 Å². The lowest BCUT2D eigenvalue weighted by Gasteiger charge is -2.18. The SMILES string of the molecule is Cc1c(C(=O)NC(c2ccc(F)cc2)c2cccs2)sc2nc3n(c(=O)c12)CCCCC3. The van der Waals surface area contributed by atoms with E-state index in [1.165, 1.54) is 34.8 Å². The number of nitrogens with zero attached hydrogens (tertiary/aromatic N) is 2.